The third kappa shape index (κ3) is 3.00. The SMILES string of the molecule is Cc1noc(NC(=O)c2cccc(-n3cc(Br)cn3)c2)n1. The Labute approximate surface area is 128 Å². The summed E-state index contributed by atoms with van der Waals surface area (Å²) in [7, 11) is 0. The highest BCUT2D eigenvalue weighted by atomic mass is 79.9. The van der Waals surface area contributed by atoms with E-state index in [1.165, 1.54) is 0 Å². The maximum atomic E-state index is 12.1. The van der Waals surface area contributed by atoms with Gasteiger partial charge in [-0.3, -0.25) is 10.1 Å². The molecule has 106 valence electrons. The molecule has 1 N–H and O–H groups in total. The summed E-state index contributed by atoms with van der Waals surface area (Å²) in [6.07, 6.45) is 3.48. The van der Waals surface area contributed by atoms with Gasteiger partial charge in [0.15, 0.2) is 5.82 Å². The van der Waals surface area contributed by atoms with Crippen LogP contribution in [0.25, 0.3) is 5.69 Å². The summed E-state index contributed by atoms with van der Waals surface area (Å²) in [6.45, 7) is 1.68. The molecule has 2 aromatic heterocycles. The second-order valence-electron chi connectivity index (χ2n) is 4.25. The molecular formula is C13H10BrN5O2. The van der Waals surface area contributed by atoms with Gasteiger partial charge in [-0.2, -0.15) is 10.1 Å². The van der Waals surface area contributed by atoms with Crippen molar-refractivity contribution in [2.45, 2.75) is 6.92 Å². The molecule has 0 atom stereocenters. The number of nitrogens with zero attached hydrogens (tertiary/aromatic N) is 4. The number of hydrogen-bond donors (Lipinski definition) is 1. The normalized spacial score (nSPS) is 10.6. The summed E-state index contributed by atoms with van der Waals surface area (Å²) in [5.41, 5.74) is 1.24. The van der Waals surface area contributed by atoms with E-state index in [2.05, 4.69) is 36.5 Å². The fourth-order valence-electron chi connectivity index (χ4n) is 1.75. The van der Waals surface area contributed by atoms with Gasteiger partial charge in [-0.15, -0.1) is 0 Å². The van der Waals surface area contributed by atoms with Crippen molar-refractivity contribution in [2.75, 3.05) is 5.32 Å². The van der Waals surface area contributed by atoms with Crippen molar-refractivity contribution in [1.29, 1.82) is 0 Å². The second-order valence-corrected chi connectivity index (χ2v) is 5.17. The predicted molar refractivity (Wildman–Crippen MR) is 78.3 cm³/mol. The summed E-state index contributed by atoms with van der Waals surface area (Å²) in [4.78, 5) is 16.1. The fourth-order valence-corrected chi connectivity index (χ4v) is 2.03. The van der Waals surface area contributed by atoms with Gasteiger partial charge < -0.3 is 4.52 Å². The molecule has 0 spiro atoms. The largest absolute Gasteiger partial charge is 0.328 e. The van der Waals surface area contributed by atoms with Gasteiger partial charge in [0, 0.05) is 11.8 Å². The van der Waals surface area contributed by atoms with Gasteiger partial charge in [0.2, 0.25) is 0 Å². The van der Waals surface area contributed by atoms with Crippen LogP contribution in [0.5, 0.6) is 0 Å². The Morgan fingerprint density at radius 3 is 2.95 bits per heavy atom. The number of nitrogens with one attached hydrogen (secondary N) is 1. The van der Waals surface area contributed by atoms with Crippen molar-refractivity contribution in [2.24, 2.45) is 0 Å². The molecule has 2 heterocycles. The van der Waals surface area contributed by atoms with E-state index in [4.69, 9.17) is 4.52 Å². The van der Waals surface area contributed by atoms with Crippen LogP contribution >= 0.6 is 15.9 Å². The molecule has 0 bridgehead atoms. The standard InChI is InChI=1S/C13H10BrN5O2/c1-8-16-13(21-18-8)17-12(20)9-3-2-4-11(5-9)19-7-10(14)6-15-19/h2-7H,1H3,(H,16,17,18,20). The smallest absolute Gasteiger partial charge is 0.315 e. The van der Waals surface area contributed by atoms with E-state index in [1.807, 2.05) is 6.07 Å². The topological polar surface area (TPSA) is 85.8 Å². The van der Waals surface area contributed by atoms with Crippen molar-refractivity contribution < 1.29 is 9.32 Å². The van der Waals surface area contributed by atoms with E-state index >= 15 is 0 Å². The maximum Gasteiger partial charge on any atom is 0.328 e. The van der Waals surface area contributed by atoms with Crippen LogP contribution in [0.15, 0.2) is 45.7 Å². The molecule has 0 unspecified atom stereocenters. The summed E-state index contributed by atoms with van der Waals surface area (Å²) in [5, 5.41) is 10.3. The zero-order chi connectivity index (χ0) is 14.8. The zero-order valence-electron chi connectivity index (χ0n) is 10.9. The molecule has 0 fully saturated rings. The van der Waals surface area contributed by atoms with Gasteiger partial charge >= 0.3 is 6.01 Å². The monoisotopic (exact) mass is 347 g/mol. The minimum Gasteiger partial charge on any atom is -0.315 e. The molecule has 8 heteroatoms. The minimum absolute atomic E-state index is 0.0738. The van der Waals surface area contributed by atoms with Gasteiger partial charge in [-0.05, 0) is 41.1 Å². The number of aromatic nitrogens is 4. The number of hydrogen-bond acceptors (Lipinski definition) is 5. The first kappa shape index (κ1) is 13.5. The van der Waals surface area contributed by atoms with Crippen LogP contribution < -0.4 is 5.32 Å². The highest BCUT2D eigenvalue weighted by molar-refractivity contribution is 9.10. The fraction of sp³-hybridized carbons (Fsp3) is 0.0769. The molecule has 1 aromatic carbocycles. The Hall–Kier alpha value is -2.48. The van der Waals surface area contributed by atoms with Crippen LogP contribution in [-0.2, 0) is 0 Å². The van der Waals surface area contributed by atoms with E-state index in [0.29, 0.717) is 11.4 Å². The average molecular weight is 348 g/mol. The number of anilines is 1. The number of carbonyl (C=O) groups is 1. The van der Waals surface area contributed by atoms with E-state index in [0.717, 1.165) is 10.2 Å². The molecule has 7 nitrogen and oxygen atoms in total. The molecule has 1 amide bonds. The first-order valence-electron chi connectivity index (χ1n) is 6.04. The average Bonchev–Trinajstić information content (AvgIpc) is 3.08. The quantitative estimate of drug-likeness (QED) is 0.786. The molecule has 0 aliphatic carbocycles. The highest BCUT2D eigenvalue weighted by Gasteiger charge is 2.11. The van der Waals surface area contributed by atoms with E-state index < -0.39 is 0 Å². The number of amides is 1. The first-order valence-corrected chi connectivity index (χ1v) is 6.83. The molecule has 0 aliphatic heterocycles. The van der Waals surface area contributed by atoms with Gasteiger partial charge in [0.25, 0.3) is 5.91 Å². The Bertz CT molecular complexity index is 795. The molecule has 0 saturated heterocycles. The lowest BCUT2D eigenvalue weighted by Gasteiger charge is -2.04. The summed E-state index contributed by atoms with van der Waals surface area (Å²) in [5.74, 6) is 0.132. The first-order chi connectivity index (χ1) is 10.1. The van der Waals surface area contributed by atoms with Crippen molar-refractivity contribution >= 4 is 27.9 Å². The van der Waals surface area contributed by atoms with Gasteiger partial charge in [0.1, 0.15) is 0 Å². The molecule has 0 aliphatic rings. The Morgan fingerprint density at radius 2 is 2.29 bits per heavy atom. The summed E-state index contributed by atoms with van der Waals surface area (Å²) in [6, 6.07) is 7.12. The van der Waals surface area contributed by atoms with E-state index in [9.17, 15) is 4.79 Å². The molecular weight excluding hydrogens is 338 g/mol. The lowest BCUT2D eigenvalue weighted by atomic mass is 10.2. The number of benzene rings is 1. The van der Waals surface area contributed by atoms with Crippen LogP contribution in [0.1, 0.15) is 16.2 Å². The van der Waals surface area contributed by atoms with Crippen LogP contribution in [0.2, 0.25) is 0 Å². The van der Waals surface area contributed by atoms with Crippen molar-refractivity contribution in [1.82, 2.24) is 19.9 Å². The van der Waals surface area contributed by atoms with E-state index in [1.54, 1.807) is 42.2 Å². The van der Waals surface area contributed by atoms with Crippen LogP contribution in [-0.4, -0.2) is 25.8 Å². The van der Waals surface area contributed by atoms with Crippen molar-refractivity contribution in [3.05, 3.63) is 52.5 Å². The molecule has 0 saturated carbocycles. The number of carbonyl (C=O) groups excluding carboxylic acids is 1. The van der Waals surface area contributed by atoms with Crippen LogP contribution in [0, 0.1) is 6.92 Å². The van der Waals surface area contributed by atoms with Crippen LogP contribution in [0.3, 0.4) is 0 Å². The Balaban J connectivity index is 1.84. The third-order valence-electron chi connectivity index (χ3n) is 2.67. The summed E-state index contributed by atoms with van der Waals surface area (Å²) < 4.78 is 7.38. The lowest BCUT2D eigenvalue weighted by Crippen LogP contribution is -2.12. The summed E-state index contributed by atoms with van der Waals surface area (Å²) >= 11 is 3.33. The minimum atomic E-state index is -0.327. The van der Waals surface area contributed by atoms with Gasteiger partial charge in [0.05, 0.1) is 16.4 Å². The van der Waals surface area contributed by atoms with Gasteiger partial charge in [-0.25, -0.2) is 4.68 Å². The van der Waals surface area contributed by atoms with Crippen LogP contribution in [0.4, 0.5) is 6.01 Å². The maximum absolute atomic E-state index is 12.1. The van der Waals surface area contributed by atoms with Crippen molar-refractivity contribution in [3.8, 4) is 5.69 Å². The molecule has 3 rings (SSSR count). The molecule has 3 aromatic rings. The lowest BCUT2D eigenvalue weighted by molar-refractivity contribution is 0.102. The number of halogens is 1. The third-order valence-corrected chi connectivity index (χ3v) is 3.08. The highest BCUT2D eigenvalue weighted by Crippen LogP contribution is 2.15. The second kappa shape index (κ2) is 5.49. The molecule has 0 radical (unpaired) electrons. The molecule has 21 heavy (non-hydrogen) atoms. The number of aryl methyl sites for hydroxylation is 1. The van der Waals surface area contributed by atoms with E-state index in [-0.39, 0.29) is 11.9 Å². The number of rotatable bonds is 3. The predicted octanol–water partition coefficient (Wildman–Crippen LogP) is 2.58. The zero-order valence-corrected chi connectivity index (χ0v) is 12.5. The Kier molecular flexibility index (Phi) is 3.53. The van der Waals surface area contributed by atoms with Crippen molar-refractivity contribution in [3.63, 3.8) is 0 Å². The van der Waals surface area contributed by atoms with Gasteiger partial charge in [-0.1, -0.05) is 11.2 Å². The Morgan fingerprint density at radius 1 is 1.43 bits per heavy atom.